The Hall–Kier alpha value is -2.18. The average Bonchev–Trinajstić information content (AvgIpc) is 3.21. The van der Waals surface area contributed by atoms with Crippen LogP contribution in [0.5, 0.6) is 5.75 Å². The van der Waals surface area contributed by atoms with Gasteiger partial charge in [-0.15, -0.1) is 11.3 Å². The maximum Gasteiger partial charge on any atom is 0.243 e. The predicted molar refractivity (Wildman–Crippen MR) is 126 cm³/mol. The van der Waals surface area contributed by atoms with Crippen LogP contribution in [0.15, 0.2) is 51.7 Å². The molecule has 170 valence electrons. The number of fused-ring (bicyclic) bond motifs is 1. The third-order valence-electron chi connectivity index (χ3n) is 4.72. The molecule has 0 radical (unpaired) electrons. The van der Waals surface area contributed by atoms with E-state index in [1.807, 2.05) is 25.1 Å². The first-order valence-electron chi connectivity index (χ1n) is 10.1. The van der Waals surface area contributed by atoms with Crippen LogP contribution in [0, 0.1) is 0 Å². The lowest BCUT2D eigenvalue weighted by molar-refractivity contribution is -0.113. The molecule has 2 aromatic carbocycles. The number of aromatic nitrogens is 1. The fourth-order valence-corrected chi connectivity index (χ4v) is 6.48. The van der Waals surface area contributed by atoms with Gasteiger partial charge in [0.05, 0.1) is 40.7 Å². The molecule has 0 unspecified atom stereocenters. The van der Waals surface area contributed by atoms with E-state index in [0.717, 1.165) is 20.3 Å². The highest BCUT2D eigenvalue weighted by atomic mass is 32.2. The molecule has 0 saturated carbocycles. The second-order valence-electron chi connectivity index (χ2n) is 6.92. The molecule has 2 heterocycles. The van der Waals surface area contributed by atoms with Crippen LogP contribution in [-0.4, -0.2) is 62.3 Å². The van der Waals surface area contributed by atoms with Crippen molar-refractivity contribution in [2.75, 3.05) is 44.0 Å². The predicted octanol–water partition coefficient (Wildman–Crippen LogP) is 3.45. The summed E-state index contributed by atoms with van der Waals surface area (Å²) < 4.78 is 39.3. The Labute approximate surface area is 195 Å². The molecule has 1 aliphatic heterocycles. The number of ether oxygens (including phenoxy) is 2. The fraction of sp³-hybridized carbons (Fsp3) is 0.333. The molecule has 1 fully saturated rings. The summed E-state index contributed by atoms with van der Waals surface area (Å²) in [6.45, 7) is 4.02. The largest absolute Gasteiger partial charge is 0.494 e. The van der Waals surface area contributed by atoms with Crippen LogP contribution in [-0.2, 0) is 19.6 Å². The fourth-order valence-electron chi connectivity index (χ4n) is 3.17. The first-order chi connectivity index (χ1) is 15.5. The lowest BCUT2D eigenvalue weighted by Crippen LogP contribution is -2.40. The molecule has 0 spiro atoms. The Morgan fingerprint density at radius 1 is 1.22 bits per heavy atom. The molecule has 4 rings (SSSR count). The van der Waals surface area contributed by atoms with Crippen LogP contribution >= 0.6 is 23.1 Å². The van der Waals surface area contributed by atoms with Crippen LogP contribution in [0.1, 0.15) is 6.92 Å². The molecule has 1 aromatic heterocycles. The first kappa shape index (κ1) is 23.0. The third-order valence-corrected chi connectivity index (χ3v) is 8.80. The number of morpholine rings is 1. The number of carbonyl (C=O) groups excluding carboxylic acids is 1. The van der Waals surface area contributed by atoms with Crippen LogP contribution in [0.3, 0.4) is 0 Å². The second kappa shape index (κ2) is 10.2. The SMILES string of the molecule is CCOc1ccc2nc(SCC(=O)Nc3ccc(S(=O)(=O)N4CCOCC4)cc3)sc2c1. The van der Waals surface area contributed by atoms with E-state index < -0.39 is 10.0 Å². The van der Waals surface area contributed by atoms with Crippen LogP contribution in [0.4, 0.5) is 5.69 Å². The highest BCUT2D eigenvalue weighted by Crippen LogP contribution is 2.32. The Morgan fingerprint density at radius 2 is 1.97 bits per heavy atom. The average molecular weight is 494 g/mol. The van der Waals surface area contributed by atoms with Crippen molar-refractivity contribution in [1.82, 2.24) is 9.29 Å². The number of sulfonamides is 1. The van der Waals surface area contributed by atoms with E-state index in [9.17, 15) is 13.2 Å². The second-order valence-corrected chi connectivity index (χ2v) is 11.1. The number of hydrogen-bond donors (Lipinski definition) is 1. The molecule has 8 nitrogen and oxygen atoms in total. The van der Waals surface area contributed by atoms with Gasteiger partial charge in [0.25, 0.3) is 0 Å². The summed E-state index contributed by atoms with van der Waals surface area (Å²) in [6.07, 6.45) is 0. The number of thioether (sulfide) groups is 1. The minimum absolute atomic E-state index is 0.187. The smallest absolute Gasteiger partial charge is 0.243 e. The standard InChI is InChI=1S/C21H23N3O5S3/c1-2-29-16-5-8-18-19(13-16)31-21(23-18)30-14-20(25)22-15-3-6-17(7-4-15)32(26,27)24-9-11-28-12-10-24/h3-8,13H,2,9-12,14H2,1H3,(H,22,25). The van der Waals surface area contributed by atoms with Crippen molar-refractivity contribution in [2.24, 2.45) is 0 Å². The molecule has 1 saturated heterocycles. The van der Waals surface area contributed by atoms with E-state index in [0.29, 0.717) is 38.6 Å². The summed E-state index contributed by atoms with van der Waals surface area (Å²) in [4.78, 5) is 17.1. The zero-order valence-corrected chi connectivity index (χ0v) is 19.9. The normalized spacial score (nSPS) is 15.0. The minimum atomic E-state index is -3.55. The van der Waals surface area contributed by atoms with E-state index in [2.05, 4.69) is 10.3 Å². The van der Waals surface area contributed by atoms with Crippen LogP contribution < -0.4 is 10.1 Å². The quantitative estimate of drug-likeness (QED) is 0.480. The summed E-state index contributed by atoms with van der Waals surface area (Å²) in [5, 5.41) is 2.80. The number of hydrogen-bond acceptors (Lipinski definition) is 8. The zero-order chi connectivity index (χ0) is 22.6. The number of nitrogens with zero attached hydrogens (tertiary/aromatic N) is 2. The number of rotatable bonds is 8. The summed E-state index contributed by atoms with van der Waals surface area (Å²) in [7, 11) is -3.55. The number of benzene rings is 2. The van der Waals surface area contributed by atoms with Gasteiger partial charge in [-0.25, -0.2) is 13.4 Å². The zero-order valence-electron chi connectivity index (χ0n) is 17.4. The molecule has 3 aromatic rings. The minimum Gasteiger partial charge on any atom is -0.494 e. The lowest BCUT2D eigenvalue weighted by Gasteiger charge is -2.26. The molecule has 11 heteroatoms. The molecule has 1 N–H and O–H groups in total. The van der Waals surface area contributed by atoms with Gasteiger partial charge in [0, 0.05) is 18.8 Å². The Bertz CT molecular complexity index is 1190. The summed E-state index contributed by atoms with van der Waals surface area (Å²) in [5.41, 5.74) is 1.42. The summed E-state index contributed by atoms with van der Waals surface area (Å²) in [6, 6.07) is 12.0. The van der Waals surface area contributed by atoms with Crippen molar-refractivity contribution in [2.45, 2.75) is 16.2 Å². The van der Waals surface area contributed by atoms with E-state index in [1.54, 1.807) is 12.1 Å². The molecule has 32 heavy (non-hydrogen) atoms. The molecular weight excluding hydrogens is 470 g/mol. The van der Waals surface area contributed by atoms with Gasteiger partial charge in [-0.3, -0.25) is 4.79 Å². The number of amides is 1. The van der Waals surface area contributed by atoms with Crippen LogP contribution in [0.25, 0.3) is 10.2 Å². The molecule has 0 atom stereocenters. The van der Waals surface area contributed by atoms with Crippen molar-refractivity contribution < 1.29 is 22.7 Å². The number of nitrogens with one attached hydrogen (secondary N) is 1. The molecule has 1 aliphatic rings. The van der Waals surface area contributed by atoms with Gasteiger partial charge in [0.2, 0.25) is 15.9 Å². The van der Waals surface area contributed by atoms with Gasteiger partial charge >= 0.3 is 0 Å². The molecule has 0 bridgehead atoms. The Morgan fingerprint density at radius 3 is 2.69 bits per heavy atom. The van der Waals surface area contributed by atoms with Crippen LogP contribution in [0.2, 0.25) is 0 Å². The van der Waals surface area contributed by atoms with Gasteiger partial charge in [0.1, 0.15) is 5.75 Å². The summed E-state index contributed by atoms with van der Waals surface area (Å²) in [5.74, 6) is 0.816. The molecular formula is C21H23N3O5S3. The maximum absolute atomic E-state index is 12.7. The first-order valence-corrected chi connectivity index (χ1v) is 13.3. The van der Waals surface area contributed by atoms with Gasteiger partial charge in [-0.05, 0) is 49.4 Å². The van der Waals surface area contributed by atoms with Crippen molar-refractivity contribution in [3.05, 3.63) is 42.5 Å². The third kappa shape index (κ3) is 5.41. The number of carbonyl (C=O) groups is 1. The highest BCUT2D eigenvalue weighted by molar-refractivity contribution is 8.01. The molecule has 1 amide bonds. The van der Waals surface area contributed by atoms with Crippen molar-refractivity contribution >= 4 is 54.9 Å². The summed E-state index contributed by atoms with van der Waals surface area (Å²) >= 11 is 2.87. The molecule has 0 aliphatic carbocycles. The number of thiazole rings is 1. The van der Waals surface area contributed by atoms with E-state index >= 15 is 0 Å². The van der Waals surface area contributed by atoms with Gasteiger partial charge in [0.15, 0.2) is 4.34 Å². The topological polar surface area (TPSA) is 97.8 Å². The van der Waals surface area contributed by atoms with Gasteiger partial charge < -0.3 is 14.8 Å². The Kier molecular flexibility index (Phi) is 7.31. The van der Waals surface area contributed by atoms with Crippen molar-refractivity contribution in [3.63, 3.8) is 0 Å². The van der Waals surface area contributed by atoms with Gasteiger partial charge in [-0.2, -0.15) is 4.31 Å². The van der Waals surface area contributed by atoms with E-state index in [1.165, 1.54) is 39.5 Å². The Balaban J connectivity index is 1.33. The maximum atomic E-state index is 12.7. The van der Waals surface area contributed by atoms with Crippen molar-refractivity contribution in [3.8, 4) is 5.75 Å². The lowest BCUT2D eigenvalue weighted by atomic mass is 10.3. The van der Waals surface area contributed by atoms with Gasteiger partial charge in [-0.1, -0.05) is 11.8 Å². The monoisotopic (exact) mass is 493 g/mol. The van der Waals surface area contributed by atoms with E-state index in [-0.39, 0.29) is 16.6 Å². The van der Waals surface area contributed by atoms with E-state index in [4.69, 9.17) is 9.47 Å². The van der Waals surface area contributed by atoms with Crippen molar-refractivity contribution in [1.29, 1.82) is 0 Å². The number of anilines is 1. The highest BCUT2D eigenvalue weighted by Gasteiger charge is 2.26.